The Bertz CT molecular complexity index is 1310. The van der Waals surface area contributed by atoms with E-state index in [1.807, 2.05) is 0 Å². The number of aliphatic hydroxyl groups excluding tert-OH is 2. The molecule has 0 unspecified atom stereocenters. The number of Topliss-reactive ketones (excluding diaryl/α,β-unsaturated/α-hetero) is 2. The second-order valence-corrected chi connectivity index (χ2v) is 9.78. The third kappa shape index (κ3) is 3.17. The highest BCUT2D eigenvalue weighted by molar-refractivity contribution is 6.25. The first-order chi connectivity index (χ1) is 16.7. The first kappa shape index (κ1) is 25.3. The topological polar surface area (TPSA) is 182 Å². The molecule has 1 aromatic carbocycles. The summed E-state index contributed by atoms with van der Waals surface area (Å²) in [5, 5.41) is 44.2. The van der Waals surface area contributed by atoms with Gasteiger partial charge in [-0.1, -0.05) is 0 Å². The number of allylic oxidation sites excluding steroid dienone is 1. The monoisotopic (exact) mass is 503 g/mol. The molecule has 0 aromatic heterocycles. The minimum absolute atomic E-state index is 0.0740. The van der Waals surface area contributed by atoms with E-state index in [0.29, 0.717) is 0 Å². The van der Waals surface area contributed by atoms with E-state index in [1.54, 1.807) is 0 Å². The van der Waals surface area contributed by atoms with Crippen molar-refractivity contribution in [2.24, 2.45) is 17.6 Å². The van der Waals surface area contributed by atoms with Gasteiger partial charge in [-0.2, -0.15) is 0 Å². The Kier molecular flexibility index (Phi) is 5.72. The molecule has 1 aromatic rings. The molecule has 4 rings (SSSR count). The summed E-state index contributed by atoms with van der Waals surface area (Å²) in [6.45, 7) is 0. The van der Waals surface area contributed by atoms with Gasteiger partial charge in [0.15, 0.2) is 11.4 Å². The van der Waals surface area contributed by atoms with Crippen molar-refractivity contribution < 1.29 is 44.0 Å². The summed E-state index contributed by atoms with van der Waals surface area (Å²) in [4.78, 5) is 53.6. The molecule has 3 aliphatic rings. The maximum absolute atomic E-state index is 14.8. The Morgan fingerprint density at radius 2 is 1.75 bits per heavy atom. The number of primary amides is 1. The van der Waals surface area contributed by atoms with Crippen molar-refractivity contribution in [3.63, 3.8) is 0 Å². The number of fused-ring (bicyclic) bond motifs is 3. The van der Waals surface area contributed by atoms with E-state index in [1.165, 1.54) is 33.1 Å². The Balaban J connectivity index is 1.96. The zero-order valence-electron chi connectivity index (χ0n) is 20.0. The predicted octanol–water partition coefficient (Wildman–Crippen LogP) is -0.0385. The van der Waals surface area contributed by atoms with Gasteiger partial charge in [-0.3, -0.25) is 24.1 Å². The Morgan fingerprint density at radius 3 is 2.28 bits per heavy atom. The van der Waals surface area contributed by atoms with E-state index in [0.717, 1.165) is 11.0 Å². The molecule has 0 heterocycles. The Hall–Kier alpha value is -3.77. The fourth-order valence-corrected chi connectivity index (χ4v) is 5.70. The third-order valence-corrected chi connectivity index (χ3v) is 7.29. The van der Waals surface area contributed by atoms with Crippen LogP contribution in [0.3, 0.4) is 0 Å². The number of nitrogens with zero attached hydrogens (tertiary/aromatic N) is 2. The third-order valence-electron chi connectivity index (χ3n) is 7.29. The number of benzene rings is 1. The number of carbonyl (C=O) groups is 4. The minimum atomic E-state index is -2.78. The molecule has 0 spiro atoms. The summed E-state index contributed by atoms with van der Waals surface area (Å²) in [6.07, 6.45) is -0.192. The lowest BCUT2D eigenvalue weighted by atomic mass is 9.58. The lowest BCUT2D eigenvalue weighted by Crippen LogP contribution is -2.63. The number of halogens is 1. The lowest BCUT2D eigenvalue weighted by Gasteiger charge is -2.50. The molecule has 192 valence electrons. The number of ketones is 2. The van der Waals surface area contributed by atoms with E-state index >= 15 is 0 Å². The fraction of sp³-hybridized carbons (Fsp3) is 0.417. The summed E-state index contributed by atoms with van der Waals surface area (Å²) >= 11 is 0. The number of hydrogen-bond donors (Lipinski definition) is 5. The van der Waals surface area contributed by atoms with Crippen molar-refractivity contribution in [1.29, 1.82) is 0 Å². The van der Waals surface area contributed by atoms with Crippen LogP contribution < -0.4 is 5.73 Å². The second kappa shape index (κ2) is 8.14. The predicted molar refractivity (Wildman–Crippen MR) is 122 cm³/mol. The van der Waals surface area contributed by atoms with Crippen LogP contribution in [0.2, 0.25) is 0 Å². The highest BCUT2D eigenvalue weighted by atomic mass is 19.1. The quantitative estimate of drug-likeness (QED) is 0.354. The molecule has 0 aliphatic heterocycles. The van der Waals surface area contributed by atoms with Crippen LogP contribution in [0, 0.1) is 17.7 Å². The van der Waals surface area contributed by atoms with Gasteiger partial charge in [0.2, 0.25) is 5.78 Å². The summed E-state index contributed by atoms with van der Waals surface area (Å²) in [7, 11) is 5.70. The SMILES string of the molecule is CN(C)C(=O)c1c(F)cc2c(c1O)C(=O)C1=C(O)[C@]3(O)C(=O)C(C(N)=O)=C(O)[C@@H](N(C)C)[C@@H]3C[C@@H]1C2. The molecule has 36 heavy (non-hydrogen) atoms. The van der Waals surface area contributed by atoms with Gasteiger partial charge >= 0.3 is 0 Å². The van der Waals surface area contributed by atoms with E-state index < -0.39 is 92.2 Å². The van der Waals surface area contributed by atoms with Crippen LogP contribution >= 0.6 is 0 Å². The molecule has 0 saturated heterocycles. The van der Waals surface area contributed by atoms with Crippen LogP contribution in [-0.2, 0) is 16.0 Å². The lowest BCUT2D eigenvalue weighted by molar-refractivity contribution is -0.148. The van der Waals surface area contributed by atoms with Gasteiger partial charge in [-0.15, -0.1) is 0 Å². The first-order valence-electron chi connectivity index (χ1n) is 11.1. The number of rotatable bonds is 3. The zero-order chi connectivity index (χ0) is 27.0. The molecular formula is C24H26FN3O8. The second-order valence-electron chi connectivity index (χ2n) is 9.78. The maximum Gasteiger partial charge on any atom is 0.260 e. The zero-order valence-corrected chi connectivity index (χ0v) is 20.0. The maximum atomic E-state index is 14.8. The van der Waals surface area contributed by atoms with Crippen molar-refractivity contribution in [2.75, 3.05) is 28.2 Å². The van der Waals surface area contributed by atoms with Crippen LogP contribution in [0.5, 0.6) is 5.75 Å². The standard InChI is InChI=1S/C24H26FN3O8/c1-27(2)16-10-6-8-5-9-7-11(25)14(23(35)28(3)4)18(30)12(9)17(29)13(8)20(32)24(10,36)21(33)15(19(16)31)22(26)34/h7-8,10,16,30-32,36H,5-6H2,1-4H3,(H2,26,34)/t8-,10-,16-,24-/m0/s1. The smallest absolute Gasteiger partial charge is 0.260 e. The molecule has 0 bridgehead atoms. The number of aliphatic hydroxyl groups is 3. The number of likely N-dealkylation sites (N-methyl/N-ethyl adjacent to an activating group) is 1. The normalized spacial score (nSPS) is 27.6. The number of aromatic hydroxyl groups is 1. The summed E-state index contributed by atoms with van der Waals surface area (Å²) in [6, 6.07) is -0.156. The number of amides is 2. The highest BCUT2D eigenvalue weighted by Crippen LogP contribution is 2.52. The van der Waals surface area contributed by atoms with Crippen molar-refractivity contribution in [1.82, 2.24) is 9.80 Å². The molecule has 0 radical (unpaired) electrons. The Morgan fingerprint density at radius 1 is 1.14 bits per heavy atom. The molecular weight excluding hydrogens is 477 g/mol. The molecule has 11 nitrogen and oxygen atoms in total. The summed E-state index contributed by atoms with van der Waals surface area (Å²) in [5.74, 6) is -10.3. The van der Waals surface area contributed by atoms with Gasteiger partial charge in [0, 0.05) is 25.6 Å². The van der Waals surface area contributed by atoms with Crippen LogP contribution in [0.1, 0.15) is 32.7 Å². The van der Waals surface area contributed by atoms with Gasteiger partial charge in [-0.05, 0) is 44.5 Å². The molecule has 0 fully saturated rings. The number of carbonyl (C=O) groups excluding carboxylic acids is 4. The number of hydrogen-bond acceptors (Lipinski definition) is 9. The Labute approximate surface area is 204 Å². The van der Waals surface area contributed by atoms with Crippen molar-refractivity contribution >= 4 is 23.4 Å². The molecule has 12 heteroatoms. The minimum Gasteiger partial charge on any atom is -0.510 e. The van der Waals surface area contributed by atoms with Crippen molar-refractivity contribution in [3.05, 3.63) is 51.2 Å². The van der Waals surface area contributed by atoms with Crippen LogP contribution in [-0.4, -0.2) is 93.4 Å². The van der Waals surface area contributed by atoms with Gasteiger partial charge in [0.05, 0.1) is 11.6 Å². The van der Waals surface area contributed by atoms with Gasteiger partial charge in [0.1, 0.15) is 34.2 Å². The van der Waals surface area contributed by atoms with E-state index in [-0.39, 0.29) is 18.4 Å². The van der Waals surface area contributed by atoms with Gasteiger partial charge in [0.25, 0.3) is 11.8 Å². The number of phenolic OH excluding ortho intramolecular Hbond substituents is 1. The van der Waals surface area contributed by atoms with E-state index in [2.05, 4.69) is 0 Å². The molecule has 3 aliphatic carbocycles. The summed E-state index contributed by atoms with van der Waals surface area (Å²) < 4.78 is 14.8. The summed E-state index contributed by atoms with van der Waals surface area (Å²) in [5.41, 5.74) is 0.133. The average molecular weight is 503 g/mol. The van der Waals surface area contributed by atoms with E-state index in [9.17, 15) is 44.0 Å². The molecule has 0 saturated carbocycles. The van der Waals surface area contributed by atoms with Gasteiger partial charge < -0.3 is 31.1 Å². The first-order valence-corrected chi connectivity index (χ1v) is 11.1. The van der Waals surface area contributed by atoms with Gasteiger partial charge in [-0.25, -0.2) is 4.39 Å². The molecule has 6 N–H and O–H groups in total. The highest BCUT2D eigenvalue weighted by Gasteiger charge is 2.63. The van der Waals surface area contributed by atoms with Crippen molar-refractivity contribution in [2.45, 2.75) is 24.5 Å². The average Bonchev–Trinajstić information content (AvgIpc) is 2.75. The van der Waals surface area contributed by atoms with Crippen molar-refractivity contribution in [3.8, 4) is 5.75 Å². The largest absolute Gasteiger partial charge is 0.510 e. The van der Waals surface area contributed by atoms with E-state index in [4.69, 9.17) is 5.73 Å². The fourth-order valence-electron chi connectivity index (χ4n) is 5.70. The van der Waals surface area contributed by atoms with Crippen LogP contribution in [0.15, 0.2) is 28.7 Å². The van der Waals surface area contributed by atoms with Crippen LogP contribution in [0.4, 0.5) is 4.39 Å². The molecule has 2 amide bonds. The number of nitrogens with two attached hydrogens (primary N) is 1. The van der Waals surface area contributed by atoms with Crippen LogP contribution in [0.25, 0.3) is 0 Å². The molecule has 4 atom stereocenters. The number of phenols is 1.